The van der Waals surface area contributed by atoms with Gasteiger partial charge in [-0.3, -0.25) is 0 Å². The molecule has 0 saturated carbocycles. The lowest BCUT2D eigenvalue weighted by Gasteiger charge is -2.10. The van der Waals surface area contributed by atoms with Crippen molar-refractivity contribution in [2.24, 2.45) is 0 Å². The van der Waals surface area contributed by atoms with Crippen LogP contribution in [0.5, 0.6) is 5.88 Å². The van der Waals surface area contributed by atoms with E-state index in [4.69, 9.17) is 4.74 Å². The Morgan fingerprint density at radius 3 is 2.70 bits per heavy atom. The van der Waals surface area contributed by atoms with E-state index in [9.17, 15) is 13.2 Å². The van der Waals surface area contributed by atoms with Gasteiger partial charge in [-0.2, -0.15) is 13.2 Å². The molecule has 0 aliphatic carbocycles. The molecule has 1 aromatic heterocycles. The first kappa shape index (κ1) is 14.2. The summed E-state index contributed by atoms with van der Waals surface area (Å²) in [7, 11) is 1.50. The van der Waals surface area contributed by atoms with Gasteiger partial charge in [-0.05, 0) is 23.8 Å². The first-order chi connectivity index (χ1) is 9.49. The lowest BCUT2D eigenvalue weighted by Crippen LogP contribution is -2.07. The van der Waals surface area contributed by atoms with Crippen LogP contribution in [0.25, 0.3) is 0 Å². The third-order valence-corrected chi connectivity index (χ3v) is 2.69. The molecule has 0 atom stereocenters. The molecule has 0 aliphatic rings. The number of nitrogens with one attached hydrogen (secondary N) is 1. The lowest BCUT2D eigenvalue weighted by molar-refractivity contribution is -0.137. The average Bonchev–Trinajstić information content (AvgIpc) is 2.45. The van der Waals surface area contributed by atoms with E-state index >= 15 is 0 Å². The maximum atomic E-state index is 12.6. The predicted octanol–water partition coefficient (Wildman–Crippen LogP) is 3.72. The van der Waals surface area contributed by atoms with Crippen LogP contribution in [-0.2, 0) is 12.7 Å². The highest BCUT2D eigenvalue weighted by molar-refractivity contribution is 5.45. The Labute approximate surface area is 114 Å². The smallest absolute Gasteiger partial charge is 0.416 e. The van der Waals surface area contributed by atoms with Gasteiger partial charge in [0, 0.05) is 24.5 Å². The second-order valence-electron chi connectivity index (χ2n) is 4.14. The number of alkyl halides is 3. The highest BCUT2D eigenvalue weighted by Crippen LogP contribution is 2.29. The Balaban J connectivity index is 2.07. The molecule has 0 fully saturated rings. The Kier molecular flexibility index (Phi) is 4.12. The lowest BCUT2D eigenvalue weighted by atomic mass is 10.1. The van der Waals surface area contributed by atoms with Gasteiger partial charge in [-0.15, -0.1) is 0 Å². The SMILES string of the molecule is COc1cc(NCc2cccc(C(F)(F)F)c2)ccn1. The summed E-state index contributed by atoms with van der Waals surface area (Å²) in [5.41, 5.74) is 0.633. The predicted molar refractivity (Wildman–Crippen MR) is 69.6 cm³/mol. The van der Waals surface area contributed by atoms with Gasteiger partial charge in [-0.1, -0.05) is 12.1 Å². The zero-order chi connectivity index (χ0) is 14.6. The molecule has 0 unspecified atom stereocenters. The molecule has 20 heavy (non-hydrogen) atoms. The largest absolute Gasteiger partial charge is 0.481 e. The molecule has 0 amide bonds. The Bertz CT molecular complexity index is 585. The number of ether oxygens (including phenoxy) is 1. The van der Waals surface area contributed by atoms with Gasteiger partial charge >= 0.3 is 6.18 Å². The summed E-state index contributed by atoms with van der Waals surface area (Å²) in [6.45, 7) is 0.289. The molecule has 0 bridgehead atoms. The van der Waals surface area contributed by atoms with Crippen molar-refractivity contribution in [2.45, 2.75) is 12.7 Å². The zero-order valence-corrected chi connectivity index (χ0v) is 10.7. The molecule has 1 aromatic carbocycles. The quantitative estimate of drug-likeness (QED) is 0.928. The van der Waals surface area contributed by atoms with Crippen molar-refractivity contribution in [2.75, 3.05) is 12.4 Å². The Morgan fingerprint density at radius 1 is 1.20 bits per heavy atom. The van der Waals surface area contributed by atoms with E-state index in [2.05, 4.69) is 10.3 Å². The van der Waals surface area contributed by atoms with Crippen LogP contribution in [0.4, 0.5) is 18.9 Å². The van der Waals surface area contributed by atoms with Crippen LogP contribution < -0.4 is 10.1 Å². The van der Waals surface area contributed by atoms with Gasteiger partial charge in [0.2, 0.25) is 5.88 Å². The van der Waals surface area contributed by atoms with Crippen LogP contribution in [0.3, 0.4) is 0 Å². The number of methoxy groups -OCH3 is 1. The number of anilines is 1. The van der Waals surface area contributed by atoms with E-state index in [1.54, 1.807) is 24.4 Å². The monoisotopic (exact) mass is 282 g/mol. The Hall–Kier alpha value is -2.24. The second-order valence-corrected chi connectivity index (χ2v) is 4.14. The van der Waals surface area contributed by atoms with Gasteiger partial charge in [0.25, 0.3) is 0 Å². The van der Waals surface area contributed by atoms with Crippen LogP contribution in [0.15, 0.2) is 42.6 Å². The minimum Gasteiger partial charge on any atom is -0.481 e. The topological polar surface area (TPSA) is 34.1 Å². The summed E-state index contributed by atoms with van der Waals surface area (Å²) >= 11 is 0. The van der Waals surface area contributed by atoms with Crippen molar-refractivity contribution in [3.8, 4) is 5.88 Å². The highest BCUT2D eigenvalue weighted by atomic mass is 19.4. The fourth-order valence-corrected chi connectivity index (χ4v) is 1.69. The van der Waals surface area contributed by atoms with Crippen LogP contribution in [0, 0.1) is 0 Å². The Morgan fingerprint density at radius 2 is 2.00 bits per heavy atom. The van der Waals surface area contributed by atoms with E-state index in [-0.39, 0.29) is 6.54 Å². The number of hydrogen-bond donors (Lipinski definition) is 1. The van der Waals surface area contributed by atoms with E-state index in [1.165, 1.54) is 13.2 Å². The van der Waals surface area contributed by atoms with Crippen LogP contribution in [0.2, 0.25) is 0 Å². The molecule has 0 radical (unpaired) electrons. The molecule has 0 aliphatic heterocycles. The van der Waals surface area contributed by atoms with E-state index in [0.29, 0.717) is 11.4 Å². The number of rotatable bonds is 4. The van der Waals surface area contributed by atoms with Crippen LogP contribution in [0.1, 0.15) is 11.1 Å². The summed E-state index contributed by atoms with van der Waals surface area (Å²) in [5.74, 6) is 0.444. The fourth-order valence-electron chi connectivity index (χ4n) is 1.69. The number of hydrogen-bond acceptors (Lipinski definition) is 3. The van der Waals surface area contributed by atoms with Crippen molar-refractivity contribution in [1.82, 2.24) is 4.98 Å². The minimum absolute atomic E-state index is 0.289. The van der Waals surface area contributed by atoms with Gasteiger partial charge in [0.05, 0.1) is 12.7 Å². The number of nitrogens with zero attached hydrogens (tertiary/aromatic N) is 1. The van der Waals surface area contributed by atoms with E-state index in [1.807, 2.05) is 0 Å². The van der Waals surface area contributed by atoms with Crippen molar-refractivity contribution >= 4 is 5.69 Å². The van der Waals surface area contributed by atoms with Crippen molar-refractivity contribution in [3.63, 3.8) is 0 Å². The summed E-state index contributed by atoms with van der Waals surface area (Å²) in [4.78, 5) is 3.95. The van der Waals surface area contributed by atoms with Gasteiger partial charge in [0.15, 0.2) is 0 Å². The second kappa shape index (κ2) is 5.81. The minimum atomic E-state index is -4.32. The molecule has 6 heteroatoms. The van der Waals surface area contributed by atoms with Crippen LogP contribution >= 0.6 is 0 Å². The molecule has 0 saturated heterocycles. The van der Waals surface area contributed by atoms with E-state index < -0.39 is 11.7 Å². The third kappa shape index (κ3) is 3.63. The molecule has 1 N–H and O–H groups in total. The number of aromatic nitrogens is 1. The van der Waals surface area contributed by atoms with Crippen molar-refractivity contribution < 1.29 is 17.9 Å². The average molecular weight is 282 g/mol. The van der Waals surface area contributed by atoms with Gasteiger partial charge in [0.1, 0.15) is 0 Å². The maximum Gasteiger partial charge on any atom is 0.416 e. The number of pyridine rings is 1. The summed E-state index contributed by atoms with van der Waals surface area (Å²) < 4.78 is 42.7. The molecule has 3 nitrogen and oxygen atoms in total. The fraction of sp³-hybridized carbons (Fsp3) is 0.214. The van der Waals surface area contributed by atoms with Crippen molar-refractivity contribution in [1.29, 1.82) is 0 Å². The van der Waals surface area contributed by atoms with Crippen molar-refractivity contribution in [3.05, 3.63) is 53.7 Å². The van der Waals surface area contributed by atoms with E-state index in [0.717, 1.165) is 17.8 Å². The van der Waals surface area contributed by atoms with Crippen LogP contribution in [-0.4, -0.2) is 12.1 Å². The normalized spacial score (nSPS) is 11.2. The summed E-state index contributed by atoms with van der Waals surface area (Å²) in [6, 6.07) is 8.61. The molecule has 0 spiro atoms. The first-order valence-corrected chi connectivity index (χ1v) is 5.89. The summed E-state index contributed by atoms with van der Waals surface area (Å²) in [6.07, 6.45) is -2.76. The molecule has 1 heterocycles. The third-order valence-electron chi connectivity index (χ3n) is 2.69. The molecule has 2 aromatic rings. The molecule has 106 valence electrons. The molecular weight excluding hydrogens is 269 g/mol. The zero-order valence-electron chi connectivity index (χ0n) is 10.7. The molecular formula is C14H13F3N2O. The number of benzene rings is 1. The van der Waals surface area contributed by atoms with Gasteiger partial charge in [-0.25, -0.2) is 4.98 Å². The maximum absolute atomic E-state index is 12.6. The summed E-state index contributed by atoms with van der Waals surface area (Å²) in [5, 5.41) is 3.03. The standard InChI is InChI=1S/C14H13F3N2O/c1-20-13-8-12(5-6-18-13)19-9-10-3-2-4-11(7-10)14(15,16)17/h2-8H,9H2,1H3,(H,18,19). The highest BCUT2D eigenvalue weighted by Gasteiger charge is 2.30. The van der Waals surface area contributed by atoms with Gasteiger partial charge < -0.3 is 10.1 Å². The molecule has 2 rings (SSSR count). The first-order valence-electron chi connectivity index (χ1n) is 5.89. The number of halogens is 3.